The van der Waals surface area contributed by atoms with Crippen molar-refractivity contribution >= 4 is 41.5 Å². The normalized spacial score (nSPS) is 17.3. The average Bonchev–Trinajstić information content (AvgIpc) is 3.02. The van der Waals surface area contributed by atoms with Crippen molar-refractivity contribution in [2.24, 2.45) is 5.73 Å². The summed E-state index contributed by atoms with van der Waals surface area (Å²) in [4.78, 5) is 11.8. The Hall–Kier alpha value is -0.480. The summed E-state index contributed by atoms with van der Waals surface area (Å²) in [5.74, 6) is -0.0694. The van der Waals surface area contributed by atoms with Gasteiger partial charge in [-0.05, 0) is 43.9 Å². The second kappa shape index (κ2) is 6.31. The molecule has 0 heterocycles. The number of halogens is 3. The van der Waals surface area contributed by atoms with Gasteiger partial charge in [0, 0.05) is 16.1 Å². The minimum Gasteiger partial charge on any atom is -0.352 e. The predicted molar refractivity (Wildman–Crippen MR) is 81.2 cm³/mol. The molecule has 3 nitrogen and oxygen atoms in total. The molecule has 1 aromatic rings. The Morgan fingerprint density at radius 3 is 2.63 bits per heavy atom. The van der Waals surface area contributed by atoms with Crippen LogP contribution < -0.4 is 11.1 Å². The monoisotopic (exact) mass is 322 g/mol. The molecule has 0 radical (unpaired) electrons. The van der Waals surface area contributed by atoms with Gasteiger partial charge in [-0.1, -0.05) is 29.3 Å². The van der Waals surface area contributed by atoms with Gasteiger partial charge in [0.05, 0.1) is 5.54 Å². The first-order chi connectivity index (χ1) is 8.40. The molecule has 6 heteroatoms. The van der Waals surface area contributed by atoms with Crippen molar-refractivity contribution in [1.82, 2.24) is 5.32 Å². The maximum Gasteiger partial charge on any atom is 0.240 e. The predicted octanol–water partition coefficient (Wildman–Crippen LogP) is 2.95. The SMILES string of the molecule is CC(Cc1ccc(Cl)cc1Cl)NC(=O)C1(N)CC1.Cl. The van der Waals surface area contributed by atoms with E-state index < -0.39 is 5.54 Å². The molecule has 1 unspecified atom stereocenters. The summed E-state index contributed by atoms with van der Waals surface area (Å²) in [7, 11) is 0. The van der Waals surface area contributed by atoms with Gasteiger partial charge in [0.1, 0.15) is 0 Å². The largest absolute Gasteiger partial charge is 0.352 e. The number of benzene rings is 1. The highest BCUT2D eigenvalue weighted by Crippen LogP contribution is 2.32. The molecule has 0 aromatic heterocycles. The molecule has 106 valence electrons. The first-order valence-corrected chi connectivity index (χ1v) is 6.70. The van der Waals surface area contributed by atoms with Gasteiger partial charge in [-0.2, -0.15) is 0 Å². The lowest BCUT2D eigenvalue weighted by atomic mass is 10.1. The molecule has 2 rings (SSSR count). The Morgan fingerprint density at radius 2 is 2.11 bits per heavy atom. The van der Waals surface area contributed by atoms with E-state index in [-0.39, 0.29) is 24.4 Å². The lowest BCUT2D eigenvalue weighted by Gasteiger charge is -2.17. The van der Waals surface area contributed by atoms with Crippen LogP contribution in [-0.2, 0) is 11.2 Å². The molecule has 0 bridgehead atoms. The molecule has 1 fully saturated rings. The van der Waals surface area contributed by atoms with Gasteiger partial charge in [-0.25, -0.2) is 0 Å². The van der Waals surface area contributed by atoms with Gasteiger partial charge in [0.15, 0.2) is 0 Å². The smallest absolute Gasteiger partial charge is 0.240 e. The summed E-state index contributed by atoms with van der Waals surface area (Å²) >= 11 is 11.9. The fraction of sp³-hybridized carbons (Fsp3) is 0.462. The van der Waals surface area contributed by atoms with E-state index in [1.807, 2.05) is 13.0 Å². The van der Waals surface area contributed by atoms with Crippen molar-refractivity contribution in [2.45, 2.75) is 37.8 Å². The van der Waals surface area contributed by atoms with Crippen LogP contribution in [0.1, 0.15) is 25.3 Å². The molecule has 3 N–H and O–H groups in total. The van der Waals surface area contributed by atoms with Crippen molar-refractivity contribution in [3.05, 3.63) is 33.8 Å². The van der Waals surface area contributed by atoms with Gasteiger partial charge < -0.3 is 11.1 Å². The second-order valence-corrected chi connectivity index (χ2v) is 5.81. The van der Waals surface area contributed by atoms with Gasteiger partial charge in [-0.15, -0.1) is 12.4 Å². The van der Waals surface area contributed by atoms with Crippen molar-refractivity contribution < 1.29 is 4.79 Å². The highest BCUT2D eigenvalue weighted by Gasteiger charge is 2.46. The van der Waals surface area contributed by atoms with Crippen molar-refractivity contribution in [1.29, 1.82) is 0 Å². The molecule has 1 aliphatic rings. The van der Waals surface area contributed by atoms with Crippen molar-refractivity contribution in [3.8, 4) is 0 Å². The van der Waals surface area contributed by atoms with E-state index in [2.05, 4.69) is 5.32 Å². The van der Waals surface area contributed by atoms with Gasteiger partial charge in [0.25, 0.3) is 0 Å². The number of rotatable bonds is 4. The van der Waals surface area contributed by atoms with E-state index in [0.717, 1.165) is 18.4 Å². The summed E-state index contributed by atoms with van der Waals surface area (Å²) in [6, 6.07) is 5.38. The minimum absolute atomic E-state index is 0. The molecular weight excluding hydrogens is 307 g/mol. The molecule has 1 amide bonds. The second-order valence-electron chi connectivity index (χ2n) is 4.97. The van der Waals surface area contributed by atoms with Crippen LogP contribution >= 0.6 is 35.6 Å². The van der Waals surface area contributed by atoms with Gasteiger partial charge in [-0.3, -0.25) is 4.79 Å². The number of hydrogen-bond acceptors (Lipinski definition) is 2. The van der Waals surface area contributed by atoms with Crippen LogP contribution in [-0.4, -0.2) is 17.5 Å². The fourth-order valence-corrected chi connectivity index (χ4v) is 2.28. The molecule has 0 spiro atoms. The Labute approximate surface area is 129 Å². The molecule has 1 aromatic carbocycles. The van der Waals surface area contributed by atoms with Crippen LogP contribution in [0.3, 0.4) is 0 Å². The van der Waals surface area contributed by atoms with E-state index in [9.17, 15) is 4.79 Å². The Balaban J connectivity index is 0.00000180. The van der Waals surface area contributed by atoms with E-state index in [0.29, 0.717) is 16.5 Å². The Morgan fingerprint density at radius 1 is 1.47 bits per heavy atom. The molecule has 1 atom stereocenters. The van der Waals surface area contributed by atoms with Crippen molar-refractivity contribution in [3.63, 3.8) is 0 Å². The zero-order valence-corrected chi connectivity index (χ0v) is 12.9. The number of carbonyl (C=O) groups excluding carboxylic acids is 1. The lowest BCUT2D eigenvalue weighted by molar-refractivity contribution is -0.123. The fourth-order valence-electron chi connectivity index (χ4n) is 1.80. The Bertz CT molecular complexity index is 475. The molecular formula is C13H17Cl3N2O. The molecule has 1 saturated carbocycles. The van der Waals surface area contributed by atoms with Crippen LogP contribution in [0.2, 0.25) is 10.0 Å². The number of hydrogen-bond donors (Lipinski definition) is 2. The van der Waals surface area contributed by atoms with Crippen molar-refractivity contribution in [2.75, 3.05) is 0 Å². The third-order valence-corrected chi connectivity index (χ3v) is 3.75. The summed E-state index contributed by atoms with van der Waals surface area (Å²) in [5.41, 5.74) is 6.17. The van der Waals surface area contributed by atoms with Crippen LogP contribution in [0.15, 0.2) is 18.2 Å². The van der Waals surface area contributed by atoms with Crippen LogP contribution in [0.5, 0.6) is 0 Å². The maximum atomic E-state index is 11.8. The first-order valence-electron chi connectivity index (χ1n) is 5.94. The Kier molecular flexibility index (Phi) is 5.51. The number of nitrogens with two attached hydrogens (primary N) is 1. The molecule has 0 saturated heterocycles. The van der Waals surface area contributed by atoms with E-state index in [1.54, 1.807) is 12.1 Å². The average molecular weight is 324 g/mol. The minimum atomic E-state index is -0.627. The third kappa shape index (κ3) is 4.25. The quantitative estimate of drug-likeness (QED) is 0.895. The summed E-state index contributed by atoms with van der Waals surface area (Å²) in [6.07, 6.45) is 2.21. The standard InChI is InChI=1S/C13H16Cl2N2O.ClH/c1-8(17-12(18)13(16)4-5-13)6-9-2-3-10(14)7-11(9)15;/h2-3,7-8H,4-6,16H2,1H3,(H,17,18);1H. The molecule has 0 aliphatic heterocycles. The molecule has 1 aliphatic carbocycles. The highest BCUT2D eigenvalue weighted by atomic mass is 35.5. The topological polar surface area (TPSA) is 55.1 Å². The zero-order chi connectivity index (χ0) is 13.3. The van der Waals surface area contributed by atoms with Crippen LogP contribution in [0.4, 0.5) is 0 Å². The van der Waals surface area contributed by atoms with E-state index in [4.69, 9.17) is 28.9 Å². The third-order valence-electron chi connectivity index (χ3n) is 3.16. The number of carbonyl (C=O) groups is 1. The number of nitrogens with one attached hydrogen (secondary N) is 1. The van der Waals surface area contributed by atoms with E-state index >= 15 is 0 Å². The summed E-state index contributed by atoms with van der Waals surface area (Å²) in [5, 5.41) is 4.15. The van der Waals surface area contributed by atoms with Gasteiger partial charge >= 0.3 is 0 Å². The van der Waals surface area contributed by atoms with Crippen LogP contribution in [0.25, 0.3) is 0 Å². The summed E-state index contributed by atoms with van der Waals surface area (Å²) < 4.78 is 0. The highest BCUT2D eigenvalue weighted by molar-refractivity contribution is 6.35. The van der Waals surface area contributed by atoms with E-state index in [1.165, 1.54) is 0 Å². The summed E-state index contributed by atoms with van der Waals surface area (Å²) in [6.45, 7) is 1.94. The van der Waals surface area contributed by atoms with Gasteiger partial charge in [0.2, 0.25) is 5.91 Å². The first kappa shape index (κ1) is 16.6. The molecule has 19 heavy (non-hydrogen) atoms. The maximum absolute atomic E-state index is 11.8. The lowest BCUT2D eigenvalue weighted by Crippen LogP contribution is -2.46. The number of amides is 1. The zero-order valence-electron chi connectivity index (χ0n) is 10.6. The van der Waals surface area contributed by atoms with Crippen LogP contribution in [0, 0.1) is 0 Å².